The van der Waals surface area contributed by atoms with Gasteiger partial charge < -0.3 is 21.4 Å². The maximum absolute atomic E-state index is 10.3. The molecule has 0 unspecified atom stereocenters. The molecular formula is C7H14N2O3S3. The molecular weight excluding hydrogens is 256 g/mol. The summed E-state index contributed by atoms with van der Waals surface area (Å²) in [7, 11) is 2.68. The third-order valence-electron chi connectivity index (χ3n) is 1.41. The molecule has 0 aromatic heterocycles. The van der Waals surface area contributed by atoms with Gasteiger partial charge in [-0.25, -0.2) is 0 Å². The van der Waals surface area contributed by atoms with Crippen molar-refractivity contribution in [2.24, 2.45) is 11.5 Å². The van der Waals surface area contributed by atoms with E-state index in [0.29, 0.717) is 5.75 Å². The van der Waals surface area contributed by atoms with Crippen LogP contribution in [0.25, 0.3) is 0 Å². The van der Waals surface area contributed by atoms with Crippen LogP contribution < -0.4 is 16.6 Å². The summed E-state index contributed by atoms with van der Waals surface area (Å²) >= 11 is 1.20. The second-order valence-corrected chi connectivity index (χ2v) is 6.02. The molecule has 0 aliphatic heterocycles. The van der Waals surface area contributed by atoms with Crippen molar-refractivity contribution in [2.45, 2.75) is 12.1 Å². The van der Waals surface area contributed by atoms with E-state index in [1.54, 1.807) is 6.26 Å². The lowest BCUT2D eigenvalue weighted by atomic mass is 10.4. The Morgan fingerprint density at radius 3 is 2.20 bits per heavy atom. The Bertz CT molecular complexity index is 228. The number of nitrogens with two attached hydrogens (primary N) is 2. The summed E-state index contributed by atoms with van der Waals surface area (Å²) in [5.74, 6) is -0.484. The van der Waals surface area contributed by atoms with Gasteiger partial charge in [0.15, 0.2) is 0 Å². The van der Waals surface area contributed by atoms with Crippen molar-refractivity contribution in [2.75, 3.05) is 17.8 Å². The Balaban J connectivity index is 3.54. The molecule has 2 atom stereocenters. The number of carbonyl (C=O) groups is 1. The molecule has 5 nitrogen and oxygen atoms in total. The van der Waals surface area contributed by atoms with Crippen LogP contribution in [0.15, 0.2) is 0 Å². The largest absolute Gasteiger partial charge is 0.548 e. The number of thioether (sulfide) groups is 1. The van der Waals surface area contributed by atoms with Crippen LogP contribution in [-0.2, 0) is 4.79 Å². The fraction of sp³-hybridized carbons (Fsp3) is 0.714. The Morgan fingerprint density at radius 2 is 1.80 bits per heavy atom. The maximum atomic E-state index is 10.3. The van der Waals surface area contributed by atoms with E-state index in [-0.39, 0.29) is 10.9 Å². The molecule has 0 saturated heterocycles. The summed E-state index contributed by atoms with van der Waals surface area (Å²) in [6, 6.07) is -1.37. The molecule has 0 aliphatic carbocycles. The van der Waals surface area contributed by atoms with E-state index in [9.17, 15) is 14.7 Å². The molecule has 0 aliphatic rings. The minimum Gasteiger partial charge on any atom is -0.548 e. The Morgan fingerprint density at radius 1 is 1.33 bits per heavy atom. The van der Waals surface area contributed by atoms with Gasteiger partial charge >= 0.3 is 5.12 Å². The standard InChI is InChI=1S/C7H14N2O3S3/c1-13-7(12)5(9)3-15-14-2-4(8)6(10)11/h4-5H,2-3,8-9H2,1H3,(H,10,11)/t4-,5-/m0/s1. The van der Waals surface area contributed by atoms with Crippen molar-refractivity contribution in [1.82, 2.24) is 0 Å². The molecule has 0 heterocycles. The van der Waals surface area contributed by atoms with Crippen LogP contribution in [0.5, 0.6) is 0 Å². The van der Waals surface area contributed by atoms with Crippen LogP contribution in [0.3, 0.4) is 0 Å². The smallest absolute Gasteiger partial charge is 0.367 e. The number of rotatable bonds is 7. The van der Waals surface area contributed by atoms with E-state index in [1.165, 1.54) is 33.3 Å². The Hall–Kier alpha value is 0.110. The third-order valence-corrected chi connectivity index (χ3v) is 4.60. The zero-order valence-electron chi connectivity index (χ0n) is 8.21. The highest BCUT2D eigenvalue weighted by Crippen LogP contribution is 2.22. The number of hydrogen-bond donors (Lipinski definition) is 2. The van der Waals surface area contributed by atoms with E-state index in [4.69, 9.17) is 11.5 Å². The lowest BCUT2D eigenvalue weighted by Gasteiger charge is -2.11. The highest BCUT2D eigenvalue weighted by atomic mass is 33.1. The highest BCUT2D eigenvalue weighted by molar-refractivity contribution is 8.76. The molecule has 5 N–H and O–H groups in total. The van der Waals surface area contributed by atoms with Gasteiger partial charge in [0.05, 0.1) is 12.0 Å². The fourth-order valence-electron chi connectivity index (χ4n) is 0.534. The minimum atomic E-state index is -1.26. The van der Waals surface area contributed by atoms with Crippen LogP contribution >= 0.6 is 33.3 Å². The van der Waals surface area contributed by atoms with Gasteiger partial charge in [0.25, 0.3) is 0 Å². The van der Waals surface area contributed by atoms with Gasteiger partial charge in [0.1, 0.15) is 6.04 Å². The average Bonchev–Trinajstić information content (AvgIpc) is 2.22. The predicted molar refractivity (Wildman–Crippen MR) is 66.3 cm³/mol. The monoisotopic (exact) mass is 270 g/mol. The lowest BCUT2D eigenvalue weighted by Crippen LogP contribution is -2.43. The van der Waals surface area contributed by atoms with Gasteiger partial charge in [0, 0.05) is 11.5 Å². The normalized spacial score (nSPS) is 14.6. The van der Waals surface area contributed by atoms with Gasteiger partial charge in [-0.05, 0) is 18.0 Å². The number of hydrogen-bond acceptors (Lipinski definition) is 7. The van der Waals surface area contributed by atoms with Crippen LogP contribution in [0, 0.1) is 0 Å². The molecule has 8 heteroatoms. The molecule has 0 saturated carbocycles. The maximum Gasteiger partial charge on any atom is 0.367 e. The van der Waals surface area contributed by atoms with E-state index >= 15 is 0 Å². The first-order chi connectivity index (χ1) is 6.99. The number of carboxylic acids is 1. The van der Waals surface area contributed by atoms with Crippen molar-refractivity contribution in [3.63, 3.8) is 0 Å². The fourth-order valence-corrected chi connectivity index (χ4v) is 3.26. The summed E-state index contributed by atoms with van der Waals surface area (Å²) in [5.41, 5.74) is 10.8. The van der Waals surface area contributed by atoms with Gasteiger partial charge in [-0.15, -0.1) is 0 Å². The molecule has 15 heavy (non-hydrogen) atoms. The molecule has 0 amide bonds. The van der Waals surface area contributed by atoms with Crippen molar-refractivity contribution in [3.8, 4) is 0 Å². The summed E-state index contributed by atoms with van der Waals surface area (Å²) in [5, 5.41) is 10.4. The van der Waals surface area contributed by atoms with Gasteiger partial charge in [-0.1, -0.05) is 21.6 Å². The lowest BCUT2D eigenvalue weighted by molar-refractivity contribution is -0.306. The van der Waals surface area contributed by atoms with Crippen molar-refractivity contribution < 1.29 is 14.7 Å². The van der Waals surface area contributed by atoms with Crippen molar-refractivity contribution in [1.29, 1.82) is 0 Å². The Kier molecular flexibility index (Phi) is 8.34. The molecule has 0 bridgehead atoms. The second-order valence-electron chi connectivity index (χ2n) is 2.64. The quantitative estimate of drug-likeness (QED) is 0.333. The number of carbonyl (C=O) groups excluding carboxylic acids is 2. The first kappa shape index (κ1) is 15.1. The predicted octanol–water partition coefficient (Wildman–Crippen LogP) is -1.36. The first-order valence-electron chi connectivity index (χ1n) is 4.05. The molecule has 88 valence electrons. The van der Waals surface area contributed by atoms with E-state index in [2.05, 4.69) is 0 Å². The molecule has 0 spiro atoms. The molecule has 0 aromatic rings. The van der Waals surface area contributed by atoms with Crippen molar-refractivity contribution >= 4 is 44.4 Å². The minimum absolute atomic E-state index is 0.173. The van der Waals surface area contributed by atoms with E-state index in [1.807, 2.05) is 0 Å². The summed E-state index contributed by atoms with van der Waals surface area (Å²) in [4.78, 5) is 19.5. The van der Waals surface area contributed by atoms with E-state index < -0.39 is 18.1 Å². The molecule has 0 radical (unpaired) electrons. The topological polar surface area (TPSA) is 114 Å². The molecule has 0 aromatic carbocycles. The summed E-state index contributed by atoms with van der Waals surface area (Å²) in [6.07, 6.45) is 1.74. The first-order valence-corrected chi connectivity index (χ1v) is 7.76. The van der Waals surface area contributed by atoms with Gasteiger partial charge in [-0.2, -0.15) is 0 Å². The van der Waals surface area contributed by atoms with Crippen LogP contribution in [0.1, 0.15) is 0 Å². The van der Waals surface area contributed by atoms with Crippen LogP contribution in [0.2, 0.25) is 0 Å². The Labute approximate surface area is 100 Å². The zero-order valence-corrected chi connectivity index (χ0v) is 10.7. The SMILES string of the molecule is CSC(=[OH+])[C@@H](N)CSSC[C@H](N)C(=O)[O-]. The van der Waals surface area contributed by atoms with E-state index in [0.717, 1.165) is 0 Å². The third kappa shape index (κ3) is 7.07. The zero-order chi connectivity index (χ0) is 11.8. The van der Waals surface area contributed by atoms with Crippen LogP contribution in [-0.4, -0.2) is 45.7 Å². The molecule has 0 rings (SSSR count). The van der Waals surface area contributed by atoms with Crippen molar-refractivity contribution in [3.05, 3.63) is 0 Å². The molecule has 0 fully saturated rings. The second kappa shape index (κ2) is 8.28. The number of aliphatic carboxylic acids is 1. The summed E-state index contributed by atoms with van der Waals surface area (Å²) < 4.78 is 0. The van der Waals surface area contributed by atoms with Gasteiger partial charge in [-0.3, -0.25) is 4.79 Å². The average molecular weight is 270 g/mol. The number of carboxylic acid groups (broad SMARTS) is 1. The van der Waals surface area contributed by atoms with Gasteiger partial charge in [0.2, 0.25) is 0 Å². The summed E-state index contributed by atoms with van der Waals surface area (Å²) in [6.45, 7) is 0. The van der Waals surface area contributed by atoms with Crippen LogP contribution in [0.4, 0.5) is 0 Å². The highest BCUT2D eigenvalue weighted by Gasteiger charge is 2.18.